The van der Waals surface area contributed by atoms with E-state index in [0.29, 0.717) is 11.3 Å². The maximum atomic E-state index is 11.9. The van der Waals surface area contributed by atoms with Crippen molar-refractivity contribution < 1.29 is 4.79 Å². The summed E-state index contributed by atoms with van der Waals surface area (Å²) < 4.78 is 0. The standard InChI is InChI=1S/C15H14N4O/c1-11(14-7-2-3-8-17-14)18-15(20)19-13-6-4-5-12(9-13)10-16/h2-9,11H,1H3,(H2,18,19,20)/t11-/m1/s1. The molecule has 2 N–H and O–H groups in total. The molecule has 2 rings (SSSR count). The van der Waals surface area contributed by atoms with Gasteiger partial charge in [0.1, 0.15) is 0 Å². The number of nitrogens with one attached hydrogen (secondary N) is 2. The molecule has 0 unspecified atom stereocenters. The van der Waals surface area contributed by atoms with Crippen molar-refractivity contribution in [1.29, 1.82) is 5.26 Å². The quantitative estimate of drug-likeness (QED) is 0.896. The molecule has 0 spiro atoms. The molecule has 2 amide bonds. The van der Waals surface area contributed by atoms with E-state index in [1.54, 1.807) is 30.5 Å². The molecule has 0 saturated heterocycles. The van der Waals surface area contributed by atoms with E-state index in [0.717, 1.165) is 5.69 Å². The van der Waals surface area contributed by atoms with E-state index in [1.165, 1.54) is 0 Å². The maximum Gasteiger partial charge on any atom is 0.319 e. The molecule has 5 nitrogen and oxygen atoms in total. The van der Waals surface area contributed by atoms with E-state index in [1.807, 2.05) is 31.2 Å². The van der Waals surface area contributed by atoms with Crippen LogP contribution < -0.4 is 10.6 Å². The molecule has 0 fully saturated rings. The first-order valence-corrected chi connectivity index (χ1v) is 6.17. The van der Waals surface area contributed by atoms with E-state index in [4.69, 9.17) is 5.26 Å². The molecule has 1 atom stereocenters. The number of urea groups is 1. The van der Waals surface area contributed by atoms with Gasteiger partial charge in [-0.15, -0.1) is 0 Å². The number of aromatic nitrogens is 1. The Balaban J connectivity index is 1.97. The molecule has 5 heteroatoms. The van der Waals surface area contributed by atoms with E-state index < -0.39 is 0 Å². The van der Waals surface area contributed by atoms with Gasteiger partial charge in [0.15, 0.2) is 0 Å². The zero-order chi connectivity index (χ0) is 14.4. The van der Waals surface area contributed by atoms with Crippen LogP contribution >= 0.6 is 0 Å². The molecule has 1 aromatic heterocycles. The molecule has 1 heterocycles. The second-order valence-electron chi connectivity index (χ2n) is 4.27. The molecule has 100 valence electrons. The first-order chi connectivity index (χ1) is 9.69. The number of carbonyl (C=O) groups is 1. The average molecular weight is 266 g/mol. The summed E-state index contributed by atoms with van der Waals surface area (Å²) in [5.74, 6) is 0. The lowest BCUT2D eigenvalue weighted by Gasteiger charge is -2.14. The van der Waals surface area contributed by atoms with Gasteiger partial charge in [0.2, 0.25) is 0 Å². The first-order valence-electron chi connectivity index (χ1n) is 6.17. The number of carbonyl (C=O) groups excluding carboxylic acids is 1. The molecule has 0 aliphatic carbocycles. The first kappa shape index (κ1) is 13.6. The number of pyridine rings is 1. The van der Waals surface area contributed by atoms with Crippen LogP contribution in [0.4, 0.5) is 10.5 Å². The molecule has 0 bridgehead atoms. The number of hydrogen-bond donors (Lipinski definition) is 2. The average Bonchev–Trinajstić information content (AvgIpc) is 2.48. The molecule has 0 aliphatic heterocycles. The fraction of sp³-hybridized carbons (Fsp3) is 0.133. The zero-order valence-corrected chi connectivity index (χ0v) is 11.0. The largest absolute Gasteiger partial charge is 0.330 e. The van der Waals surface area contributed by atoms with E-state index in [9.17, 15) is 4.79 Å². The molecule has 2 aromatic rings. The Morgan fingerprint density at radius 1 is 1.30 bits per heavy atom. The molecule has 0 radical (unpaired) electrons. The molecule has 0 saturated carbocycles. The fourth-order valence-corrected chi connectivity index (χ4v) is 1.74. The monoisotopic (exact) mass is 266 g/mol. The van der Waals surface area contributed by atoms with Gasteiger partial charge in [-0.3, -0.25) is 4.98 Å². The van der Waals surface area contributed by atoms with Gasteiger partial charge >= 0.3 is 6.03 Å². The summed E-state index contributed by atoms with van der Waals surface area (Å²) in [7, 11) is 0. The second kappa shape index (κ2) is 6.34. The van der Waals surface area contributed by atoms with Crippen LogP contribution in [0.5, 0.6) is 0 Å². The number of amides is 2. The predicted molar refractivity (Wildman–Crippen MR) is 76.0 cm³/mol. The van der Waals surface area contributed by atoms with E-state index in [2.05, 4.69) is 15.6 Å². The summed E-state index contributed by atoms with van der Waals surface area (Å²) in [6, 6.07) is 13.8. The third-order valence-electron chi connectivity index (χ3n) is 2.73. The summed E-state index contributed by atoms with van der Waals surface area (Å²) in [5.41, 5.74) is 1.86. The number of nitrogens with zero attached hydrogens (tertiary/aromatic N) is 2. The third kappa shape index (κ3) is 3.56. The highest BCUT2D eigenvalue weighted by Crippen LogP contribution is 2.11. The Hall–Kier alpha value is -2.87. The van der Waals surface area contributed by atoms with Crippen LogP contribution in [0.2, 0.25) is 0 Å². The minimum atomic E-state index is -0.335. The number of rotatable bonds is 3. The van der Waals surface area contributed by atoms with Crippen molar-refractivity contribution in [2.75, 3.05) is 5.32 Å². The van der Waals surface area contributed by atoms with Gasteiger partial charge in [-0.1, -0.05) is 12.1 Å². The number of anilines is 1. The summed E-state index contributed by atoms with van der Waals surface area (Å²) in [4.78, 5) is 16.0. The van der Waals surface area contributed by atoms with Crippen molar-refractivity contribution in [3.05, 3.63) is 59.9 Å². The Morgan fingerprint density at radius 3 is 2.85 bits per heavy atom. The SMILES string of the molecule is C[C@@H](NC(=O)Nc1cccc(C#N)c1)c1ccccn1. The van der Waals surface area contributed by atoms with Crippen molar-refractivity contribution in [2.24, 2.45) is 0 Å². The topological polar surface area (TPSA) is 77.8 Å². The fourth-order valence-electron chi connectivity index (χ4n) is 1.74. The highest BCUT2D eigenvalue weighted by molar-refractivity contribution is 5.89. The highest BCUT2D eigenvalue weighted by atomic mass is 16.2. The Bertz CT molecular complexity index is 634. The van der Waals surface area contributed by atoms with Crippen LogP contribution in [0.25, 0.3) is 0 Å². The Labute approximate surface area is 117 Å². The molecule has 20 heavy (non-hydrogen) atoms. The van der Waals surface area contributed by atoms with Gasteiger partial charge in [-0.2, -0.15) is 5.26 Å². The van der Waals surface area contributed by atoms with Gasteiger partial charge in [0.25, 0.3) is 0 Å². The van der Waals surface area contributed by atoms with Crippen LogP contribution in [-0.2, 0) is 0 Å². The zero-order valence-electron chi connectivity index (χ0n) is 11.0. The van der Waals surface area contributed by atoms with Gasteiger partial charge in [-0.25, -0.2) is 4.79 Å². The summed E-state index contributed by atoms with van der Waals surface area (Å²) >= 11 is 0. The number of benzene rings is 1. The lowest BCUT2D eigenvalue weighted by Crippen LogP contribution is -2.31. The van der Waals surface area contributed by atoms with Crippen LogP contribution in [0, 0.1) is 11.3 Å². The predicted octanol–water partition coefficient (Wildman–Crippen LogP) is 2.84. The minimum Gasteiger partial charge on any atom is -0.330 e. The van der Waals surface area contributed by atoms with Crippen molar-refractivity contribution in [3.8, 4) is 6.07 Å². The maximum absolute atomic E-state index is 11.9. The molecule has 0 aliphatic rings. The molecular weight excluding hydrogens is 252 g/mol. The van der Waals surface area contributed by atoms with E-state index >= 15 is 0 Å². The Morgan fingerprint density at radius 2 is 2.15 bits per heavy atom. The molecular formula is C15H14N4O. The van der Waals surface area contributed by atoms with Gasteiger partial charge in [-0.05, 0) is 37.3 Å². The van der Waals surface area contributed by atoms with Gasteiger partial charge < -0.3 is 10.6 Å². The van der Waals surface area contributed by atoms with Crippen LogP contribution in [0.1, 0.15) is 24.2 Å². The van der Waals surface area contributed by atoms with Crippen molar-refractivity contribution in [1.82, 2.24) is 10.3 Å². The van der Waals surface area contributed by atoms with Crippen LogP contribution in [-0.4, -0.2) is 11.0 Å². The second-order valence-corrected chi connectivity index (χ2v) is 4.27. The Kier molecular flexibility index (Phi) is 4.30. The smallest absolute Gasteiger partial charge is 0.319 e. The lowest BCUT2D eigenvalue weighted by molar-refractivity contribution is 0.249. The number of hydrogen-bond acceptors (Lipinski definition) is 3. The minimum absolute atomic E-state index is 0.199. The van der Waals surface area contributed by atoms with Crippen molar-refractivity contribution in [3.63, 3.8) is 0 Å². The molecule has 1 aromatic carbocycles. The normalized spacial score (nSPS) is 11.2. The van der Waals surface area contributed by atoms with Crippen molar-refractivity contribution in [2.45, 2.75) is 13.0 Å². The van der Waals surface area contributed by atoms with E-state index in [-0.39, 0.29) is 12.1 Å². The van der Waals surface area contributed by atoms with Crippen LogP contribution in [0.3, 0.4) is 0 Å². The summed E-state index contributed by atoms with van der Waals surface area (Å²) in [6.45, 7) is 1.85. The highest BCUT2D eigenvalue weighted by Gasteiger charge is 2.10. The van der Waals surface area contributed by atoms with Crippen LogP contribution in [0.15, 0.2) is 48.7 Å². The third-order valence-corrected chi connectivity index (χ3v) is 2.73. The van der Waals surface area contributed by atoms with Gasteiger partial charge in [0.05, 0.1) is 23.4 Å². The summed E-state index contributed by atoms with van der Waals surface area (Å²) in [6.07, 6.45) is 1.68. The lowest BCUT2D eigenvalue weighted by atomic mass is 10.2. The summed E-state index contributed by atoms with van der Waals surface area (Å²) in [5, 5.41) is 14.3. The van der Waals surface area contributed by atoms with Crippen molar-refractivity contribution >= 4 is 11.7 Å². The number of nitriles is 1. The van der Waals surface area contributed by atoms with Gasteiger partial charge in [0, 0.05) is 11.9 Å².